The standard InChI is InChI=1S/C24H23ClN2O3/c1-15-8-9-16(14-19(15)24(29)30)26-21-11-10-18(22-17(21)6-5-7-20(22)25)23(28)27-12-3-2-4-13-27/h5-11,14,26H,2-4,12-13H2,1H3,(H,29,30). The number of carboxylic acids is 1. The SMILES string of the molecule is Cc1ccc(Nc2ccc(C(=O)N3CCCCC3)c3c(Cl)cccc23)cc1C(=O)O. The van der Waals surface area contributed by atoms with E-state index < -0.39 is 5.97 Å². The maximum absolute atomic E-state index is 13.2. The molecule has 1 aliphatic rings. The Labute approximate surface area is 180 Å². The molecule has 1 amide bonds. The predicted molar refractivity (Wildman–Crippen MR) is 120 cm³/mol. The van der Waals surface area contributed by atoms with Gasteiger partial charge in [-0.05, 0) is 62.1 Å². The number of aromatic carboxylic acids is 1. The van der Waals surface area contributed by atoms with Gasteiger partial charge in [-0.2, -0.15) is 0 Å². The zero-order valence-electron chi connectivity index (χ0n) is 16.7. The van der Waals surface area contributed by atoms with Crippen LogP contribution in [0.2, 0.25) is 5.02 Å². The number of carbonyl (C=O) groups excluding carboxylic acids is 1. The van der Waals surface area contributed by atoms with E-state index in [4.69, 9.17) is 11.6 Å². The fourth-order valence-electron chi connectivity index (χ4n) is 4.00. The number of piperidine rings is 1. The van der Waals surface area contributed by atoms with E-state index >= 15 is 0 Å². The lowest BCUT2D eigenvalue weighted by Gasteiger charge is -2.27. The van der Waals surface area contributed by atoms with Gasteiger partial charge in [-0.3, -0.25) is 4.79 Å². The largest absolute Gasteiger partial charge is 0.478 e. The third-order valence-corrected chi connectivity index (χ3v) is 5.93. The van der Waals surface area contributed by atoms with Crippen LogP contribution in [0.3, 0.4) is 0 Å². The first-order valence-electron chi connectivity index (χ1n) is 10.1. The average Bonchev–Trinajstić information content (AvgIpc) is 2.75. The summed E-state index contributed by atoms with van der Waals surface area (Å²) in [6.07, 6.45) is 3.20. The molecule has 0 spiro atoms. The lowest BCUT2D eigenvalue weighted by atomic mass is 10.00. The second-order valence-electron chi connectivity index (χ2n) is 7.64. The number of nitrogens with one attached hydrogen (secondary N) is 1. The van der Waals surface area contributed by atoms with Gasteiger partial charge in [-0.15, -0.1) is 0 Å². The molecule has 4 rings (SSSR count). The van der Waals surface area contributed by atoms with Crippen LogP contribution in [0, 0.1) is 6.92 Å². The highest BCUT2D eigenvalue weighted by atomic mass is 35.5. The Balaban J connectivity index is 1.76. The van der Waals surface area contributed by atoms with Crippen molar-refractivity contribution in [2.45, 2.75) is 26.2 Å². The third-order valence-electron chi connectivity index (χ3n) is 5.61. The van der Waals surface area contributed by atoms with Gasteiger partial charge < -0.3 is 15.3 Å². The van der Waals surface area contributed by atoms with Crippen molar-refractivity contribution in [3.8, 4) is 0 Å². The zero-order valence-corrected chi connectivity index (χ0v) is 17.5. The number of benzene rings is 3. The molecule has 0 aliphatic carbocycles. The quantitative estimate of drug-likeness (QED) is 0.551. The number of anilines is 2. The van der Waals surface area contributed by atoms with Crippen LogP contribution < -0.4 is 5.32 Å². The Morgan fingerprint density at radius 2 is 1.77 bits per heavy atom. The van der Waals surface area contributed by atoms with Crippen molar-refractivity contribution in [3.05, 3.63) is 70.2 Å². The molecule has 0 bridgehead atoms. The summed E-state index contributed by atoms with van der Waals surface area (Å²) in [4.78, 5) is 26.5. The number of rotatable bonds is 4. The summed E-state index contributed by atoms with van der Waals surface area (Å²) in [6, 6.07) is 14.4. The number of aryl methyl sites for hydroxylation is 1. The molecule has 30 heavy (non-hydrogen) atoms. The fourth-order valence-corrected chi connectivity index (χ4v) is 4.28. The van der Waals surface area contributed by atoms with Crippen LogP contribution in [-0.4, -0.2) is 35.0 Å². The van der Waals surface area contributed by atoms with Crippen LogP contribution in [0.5, 0.6) is 0 Å². The Morgan fingerprint density at radius 1 is 1.00 bits per heavy atom. The number of carbonyl (C=O) groups is 2. The fraction of sp³-hybridized carbons (Fsp3) is 0.250. The Bertz CT molecular complexity index is 1140. The number of hydrogen-bond acceptors (Lipinski definition) is 3. The summed E-state index contributed by atoms with van der Waals surface area (Å²) in [5, 5.41) is 14.7. The van der Waals surface area contributed by atoms with Crippen LogP contribution in [0.25, 0.3) is 10.8 Å². The minimum Gasteiger partial charge on any atom is -0.478 e. The van der Waals surface area contributed by atoms with E-state index in [1.165, 1.54) is 0 Å². The third kappa shape index (κ3) is 3.85. The van der Waals surface area contributed by atoms with Gasteiger partial charge in [0.1, 0.15) is 0 Å². The molecule has 3 aromatic carbocycles. The second kappa shape index (κ2) is 8.36. The maximum Gasteiger partial charge on any atom is 0.336 e. The van der Waals surface area contributed by atoms with Crippen LogP contribution in [0.1, 0.15) is 45.5 Å². The van der Waals surface area contributed by atoms with E-state index in [0.717, 1.165) is 43.4 Å². The normalized spacial score (nSPS) is 14.0. The summed E-state index contributed by atoms with van der Waals surface area (Å²) in [5.41, 5.74) is 2.97. The number of amides is 1. The van der Waals surface area contributed by atoms with Crippen molar-refractivity contribution < 1.29 is 14.7 Å². The van der Waals surface area contributed by atoms with E-state index in [1.807, 2.05) is 29.2 Å². The molecule has 0 aromatic heterocycles. The number of nitrogens with zero attached hydrogens (tertiary/aromatic N) is 1. The number of likely N-dealkylation sites (tertiary alicyclic amines) is 1. The Kier molecular flexibility index (Phi) is 5.64. The lowest BCUT2D eigenvalue weighted by Crippen LogP contribution is -2.35. The molecule has 2 N–H and O–H groups in total. The van der Waals surface area contributed by atoms with Crippen molar-refractivity contribution >= 4 is 45.6 Å². The van der Waals surface area contributed by atoms with Gasteiger partial charge in [0.2, 0.25) is 0 Å². The van der Waals surface area contributed by atoms with Crippen molar-refractivity contribution in [1.82, 2.24) is 4.90 Å². The smallest absolute Gasteiger partial charge is 0.336 e. The topological polar surface area (TPSA) is 69.6 Å². The van der Waals surface area contributed by atoms with Gasteiger partial charge in [-0.25, -0.2) is 4.79 Å². The van der Waals surface area contributed by atoms with Crippen LogP contribution >= 0.6 is 11.6 Å². The molecule has 1 fully saturated rings. The van der Waals surface area contributed by atoms with E-state index in [9.17, 15) is 14.7 Å². The minimum atomic E-state index is -0.966. The van der Waals surface area contributed by atoms with E-state index in [0.29, 0.717) is 27.2 Å². The summed E-state index contributed by atoms with van der Waals surface area (Å²) in [5.74, 6) is -0.964. The van der Waals surface area contributed by atoms with Crippen molar-refractivity contribution in [2.75, 3.05) is 18.4 Å². The molecule has 5 nitrogen and oxygen atoms in total. The first-order chi connectivity index (χ1) is 14.5. The average molecular weight is 423 g/mol. The van der Waals surface area contributed by atoms with Crippen molar-refractivity contribution in [2.24, 2.45) is 0 Å². The Hall–Kier alpha value is -3.05. The molecule has 154 valence electrons. The highest BCUT2D eigenvalue weighted by molar-refractivity contribution is 6.37. The summed E-state index contributed by atoms with van der Waals surface area (Å²) < 4.78 is 0. The van der Waals surface area contributed by atoms with Gasteiger partial charge in [0.25, 0.3) is 5.91 Å². The number of halogens is 1. The summed E-state index contributed by atoms with van der Waals surface area (Å²) >= 11 is 6.53. The first kappa shape index (κ1) is 20.2. The van der Waals surface area contributed by atoms with Gasteiger partial charge in [0.05, 0.1) is 5.56 Å². The van der Waals surface area contributed by atoms with Gasteiger partial charge in [0, 0.05) is 45.8 Å². The lowest BCUT2D eigenvalue weighted by molar-refractivity contribution is 0.0693. The molecule has 1 heterocycles. The molecule has 6 heteroatoms. The molecule has 1 saturated heterocycles. The van der Waals surface area contributed by atoms with Crippen LogP contribution in [0.4, 0.5) is 11.4 Å². The maximum atomic E-state index is 13.2. The number of fused-ring (bicyclic) bond motifs is 1. The molecule has 0 saturated carbocycles. The monoisotopic (exact) mass is 422 g/mol. The second-order valence-corrected chi connectivity index (χ2v) is 8.04. The highest BCUT2D eigenvalue weighted by Gasteiger charge is 2.22. The van der Waals surface area contributed by atoms with E-state index in [2.05, 4.69) is 5.32 Å². The van der Waals surface area contributed by atoms with Crippen LogP contribution in [-0.2, 0) is 0 Å². The molecule has 0 atom stereocenters. The molecule has 3 aromatic rings. The molecule has 1 aliphatic heterocycles. The number of carboxylic acid groups (broad SMARTS) is 1. The molecule has 0 unspecified atom stereocenters. The Morgan fingerprint density at radius 3 is 2.50 bits per heavy atom. The van der Waals surface area contributed by atoms with Gasteiger partial charge in [-0.1, -0.05) is 29.8 Å². The first-order valence-corrected chi connectivity index (χ1v) is 10.4. The summed E-state index contributed by atoms with van der Waals surface area (Å²) in [6.45, 7) is 3.31. The van der Waals surface area contributed by atoms with Crippen LogP contribution in [0.15, 0.2) is 48.5 Å². The minimum absolute atomic E-state index is 0.00264. The highest BCUT2D eigenvalue weighted by Crippen LogP contribution is 2.35. The molecule has 0 radical (unpaired) electrons. The predicted octanol–water partition coefficient (Wildman–Crippen LogP) is 5.87. The van der Waals surface area contributed by atoms with Crippen molar-refractivity contribution in [1.29, 1.82) is 0 Å². The van der Waals surface area contributed by atoms with Gasteiger partial charge >= 0.3 is 5.97 Å². The number of hydrogen-bond donors (Lipinski definition) is 2. The summed E-state index contributed by atoms with van der Waals surface area (Å²) in [7, 11) is 0. The molecular formula is C24H23ClN2O3. The van der Waals surface area contributed by atoms with Gasteiger partial charge in [0.15, 0.2) is 0 Å². The van der Waals surface area contributed by atoms with E-state index in [-0.39, 0.29) is 11.5 Å². The molecular weight excluding hydrogens is 400 g/mol. The zero-order chi connectivity index (χ0) is 21.3. The van der Waals surface area contributed by atoms with Crippen molar-refractivity contribution in [3.63, 3.8) is 0 Å². The van der Waals surface area contributed by atoms with E-state index in [1.54, 1.807) is 31.2 Å².